The third kappa shape index (κ3) is 1.59. The van der Waals surface area contributed by atoms with Crippen LogP contribution < -0.4 is 4.90 Å². The molecular formula is C9H9FN2OS. The first kappa shape index (κ1) is 9.45. The molecule has 2 rings (SSSR count). The number of thioether (sulfide) groups is 1. The molecule has 14 heavy (non-hydrogen) atoms. The molecular weight excluding hydrogens is 203 g/mol. The van der Waals surface area contributed by atoms with Crippen LogP contribution in [0, 0.1) is 5.95 Å². The van der Waals surface area contributed by atoms with E-state index in [0.717, 1.165) is 10.6 Å². The van der Waals surface area contributed by atoms with Crippen LogP contribution in [-0.4, -0.2) is 23.7 Å². The minimum absolute atomic E-state index is 0.0156. The second-order valence-corrected chi connectivity index (χ2v) is 4.16. The third-order valence-electron chi connectivity index (χ3n) is 2.12. The number of carbonyl (C=O) groups is 1. The van der Waals surface area contributed by atoms with Gasteiger partial charge in [-0.3, -0.25) is 4.79 Å². The molecule has 0 bridgehead atoms. The van der Waals surface area contributed by atoms with E-state index in [-0.39, 0.29) is 5.91 Å². The number of aromatic nitrogens is 1. The molecule has 1 amide bonds. The summed E-state index contributed by atoms with van der Waals surface area (Å²) in [6.07, 6.45) is 1.96. The zero-order chi connectivity index (χ0) is 10.1. The highest BCUT2D eigenvalue weighted by molar-refractivity contribution is 7.99. The normalized spacial score (nSPS) is 16.4. The van der Waals surface area contributed by atoms with Gasteiger partial charge in [-0.15, -0.1) is 11.8 Å². The Balaban J connectivity index is 2.49. The zero-order valence-electron chi connectivity index (χ0n) is 7.66. The monoisotopic (exact) mass is 212 g/mol. The predicted molar refractivity (Wildman–Crippen MR) is 52.9 cm³/mol. The molecule has 0 saturated carbocycles. The van der Waals surface area contributed by atoms with Gasteiger partial charge in [0, 0.05) is 36.4 Å². The Hall–Kier alpha value is -1.10. The highest BCUT2D eigenvalue weighted by Gasteiger charge is 2.19. The van der Waals surface area contributed by atoms with E-state index < -0.39 is 5.95 Å². The minimum atomic E-state index is -0.550. The molecule has 0 radical (unpaired) electrons. The third-order valence-corrected chi connectivity index (χ3v) is 3.16. The van der Waals surface area contributed by atoms with Gasteiger partial charge in [-0.25, -0.2) is 4.98 Å². The van der Waals surface area contributed by atoms with Gasteiger partial charge in [0.2, 0.25) is 11.9 Å². The largest absolute Gasteiger partial charge is 0.314 e. The highest BCUT2D eigenvalue weighted by atomic mass is 32.2. The summed E-state index contributed by atoms with van der Waals surface area (Å²) in [6, 6.07) is 1.30. The smallest absolute Gasteiger partial charge is 0.227 e. The van der Waals surface area contributed by atoms with Crippen molar-refractivity contribution in [1.29, 1.82) is 0 Å². The summed E-state index contributed by atoms with van der Waals surface area (Å²) in [6.45, 7) is 0. The van der Waals surface area contributed by atoms with Crippen LogP contribution in [0.2, 0.25) is 0 Å². The Labute approximate surface area is 85.3 Å². The molecule has 1 aliphatic rings. The summed E-state index contributed by atoms with van der Waals surface area (Å²) in [5.74, 6) is 0.191. The number of fused-ring (bicyclic) bond motifs is 1. The van der Waals surface area contributed by atoms with Gasteiger partial charge in [0.25, 0.3) is 0 Å². The van der Waals surface area contributed by atoms with Crippen molar-refractivity contribution in [2.75, 3.05) is 17.7 Å². The van der Waals surface area contributed by atoms with Crippen molar-refractivity contribution >= 4 is 23.4 Å². The molecule has 74 valence electrons. The van der Waals surface area contributed by atoms with Crippen molar-refractivity contribution in [3.05, 3.63) is 18.2 Å². The highest BCUT2D eigenvalue weighted by Crippen LogP contribution is 2.32. The second kappa shape index (κ2) is 3.57. The van der Waals surface area contributed by atoms with Crippen LogP contribution in [0.1, 0.15) is 6.42 Å². The van der Waals surface area contributed by atoms with Gasteiger partial charge in [-0.05, 0) is 0 Å². The summed E-state index contributed by atoms with van der Waals surface area (Å²) in [5.41, 5.74) is 0.616. The van der Waals surface area contributed by atoms with Gasteiger partial charge in [-0.2, -0.15) is 4.39 Å². The van der Waals surface area contributed by atoms with Crippen LogP contribution in [0.15, 0.2) is 17.2 Å². The second-order valence-electron chi connectivity index (χ2n) is 3.03. The maximum atomic E-state index is 12.9. The maximum Gasteiger partial charge on any atom is 0.227 e. The van der Waals surface area contributed by atoms with Crippen LogP contribution in [0.3, 0.4) is 0 Å². The summed E-state index contributed by atoms with van der Waals surface area (Å²) in [5, 5.41) is 0. The fourth-order valence-corrected chi connectivity index (χ4v) is 2.30. The van der Waals surface area contributed by atoms with Crippen molar-refractivity contribution in [2.24, 2.45) is 0 Å². The van der Waals surface area contributed by atoms with E-state index in [1.807, 2.05) is 0 Å². The van der Waals surface area contributed by atoms with Crippen LogP contribution >= 0.6 is 11.8 Å². The van der Waals surface area contributed by atoms with Gasteiger partial charge in [0.1, 0.15) is 0 Å². The number of nitrogens with zero attached hydrogens (tertiary/aromatic N) is 2. The summed E-state index contributed by atoms with van der Waals surface area (Å²) < 4.78 is 12.9. The molecule has 0 unspecified atom stereocenters. The quantitative estimate of drug-likeness (QED) is 0.613. The van der Waals surface area contributed by atoms with Crippen molar-refractivity contribution in [3.8, 4) is 0 Å². The average molecular weight is 212 g/mol. The van der Waals surface area contributed by atoms with E-state index in [0.29, 0.717) is 12.1 Å². The first-order chi connectivity index (χ1) is 6.68. The lowest BCUT2D eigenvalue weighted by molar-refractivity contribution is -0.117. The summed E-state index contributed by atoms with van der Waals surface area (Å²) in [7, 11) is 1.66. The number of amides is 1. The summed E-state index contributed by atoms with van der Waals surface area (Å²) in [4.78, 5) is 17.4. The Morgan fingerprint density at radius 3 is 3.21 bits per heavy atom. The van der Waals surface area contributed by atoms with Crippen LogP contribution in [0.5, 0.6) is 0 Å². The molecule has 0 saturated heterocycles. The topological polar surface area (TPSA) is 33.2 Å². The van der Waals surface area contributed by atoms with E-state index in [2.05, 4.69) is 4.98 Å². The van der Waals surface area contributed by atoms with Gasteiger partial charge >= 0.3 is 0 Å². The first-order valence-corrected chi connectivity index (χ1v) is 5.22. The molecule has 0 atom stereocenters. The Kier molecular flexibility index (Phi) is 2.41. The average Bonchev–Trinajstić information content (AvgIpc) is 2.30. The molecule has 1 aromatic rings. The van der Waals surface area contributed by atoms with Crippen molar-refractivity contribution < 1.29 is 9.18 Å². The zero-order valence-corrected chi connectivity index (χ0v) is 8.47. The van der Waals surface area contributed by atoms with E-state index in [9.17, 15) is 9.18 Å². The molecule has 1 aliphatic heterocycles. The van der Waals surface area contributed by atoms with Gasteiger partial charge in [0.05, 0.1) is 5.69 Å². The van der Waals surface area contributed by atoms with Crippen LogP contribution in [0.25, 0.3) is 0 Å². The van der Waals surface area contributed by atoms with Crippen LogP contribution in [0.4, 0.5) is 10.1 Å². The van der Waals surface area contributed by atoms with E-state index in [1.54, 1.807) is 7.05 Å². The Morgan fingerprint density at radius 1 is 1.64 bits per heavy atom. The van der Waals surface area contributed by atoms with Gasteiger partial charge in [0.15, 0.2) is 0 Å². The lowest BCUT2D eigenvalue weighted by Crippen LogP contribution is -2.25. The Bertz CT molecular complexity index is 383. The maximum absolute atomic E-state index is 12.9. The minimum Gasteiger partial charge on any atom is -0.314 e. The number of hydrogen-bond donors (Lipinski definition) is 0. The SMILES string of the molecule is CN1C(=O)CCSc2cnc(F)cc21. The number of anilines is 1. The first-order valence-electron chi connectivity index (χ1n) is 4.23. The molecule has 1 aromatic heterocycles. The molecule has 3 nitrogen and oxygen atoms in total. The molecule has 2 heterocycles. The van der Waals surface area contributed by atoms with Crippen LogP contribution in [-0.2, 0) is 4.79 Å². The number of halogens is 1. The predicted octanol–water partition coefficient (Wildman–Crippen LogP) is 1.68. The molecule has 0 N–H and O–H groups in total. The fourth-order valence-electron chi connectivity index (χ4n) is 1.33. The van der Waals surface area contributed by atoms with Crippen molar-refractivity contribution in [2.45, 2.75) is 11.3 Å². The molecule has 5 heteroatoms. The lowest BCUT2D eigenvalue weighted by atomic mass is 10.3. The summed E-state index contributed by atoms with van der Waals surface area (Å²) >= 11 is 1.53. The number of carbonyl (C=O) groups excluding carboxylic acids is 1. The fraction of sp³-hybridized carbons (Fsp3) is 0.333. The van der Waals surface area contributed by atoms with Crippen molar-refractivity contribution in [1.82, 2.24) is 4.98 Å². The Morgan fingerprint density at radius 2 is 2.43 bits per heavy atom. The van der Waals surface area contributed by atoms with Crippen molar-refractivity contribution in [3.63, 3.8) is 0 Å². The van der Waals surface area contributed by atoms with E-state index >= 15 is 0 Å². The number of pyridine rings is 1. The number of rotatable bonds is 0. The molecule has 0 aliphatic carbocycles. The van der Waals surface area contributed by atoms with Gasteiger partial charge < -0.3 is 4.90 Å². The van der Waals surface area contributed by atoms with Gasteiger partial charge in [-0.1, -0.05) is 0 Å². The molecule has 0 fully saturated rings. The lowest BCUT2D eigenvalue weighted by Gasteiger charge is -2.16. The van der Waals surface area contributed by atoms with E-state index in [1.165, 1.54) is 28.9 Å². The molecule has 0 spiro atoms. The molecule has 0 aromatic carbocycles. The van der Waals surface area contributed by atoms with E-state index in [4.69, 9.17) is 0 Å². The standard InChI is InChI=1S/C9H9FN2OS/c1-12-6-4-8(10)11-5-7(6)14-3-2-9(12)13/h4-5H,2-3H2,1H3. The number of hydrogen-bond acceptors (Lipinski definition) is 3.